The Morgan fingerprint density at radius 1 is 1.03 bits per heavy atom. The molecule has 2 aromatic carbocycles. The molecule has 1 aromatic heterocycles. The third kappa shape index (κ3) is 4.67. The van der Waals surface area contributed by atoms with Crippen LogP contribution >= 0.6 is 0 Å². The van der Waals surface area contributed by atoms with Gasteiger partial charge >= 0.3 is 11.9 Å². The lowest BCUT2D eigenvalue weighted by Gasteiger charge is -2.12. The van der Waals surface area contributed by atoms with Gasteiger partial charge in [0.05, 0.1) is 18.7 Å². The number of aliphatic carboxylic acids is 1. The van der Waals surface area contributed by atoms with Crippen LogP contribution in [0.1, 0.15) is 11.1 Å². The van der Waals surface area contributed by atoms with Crippen molar-refractivity contribution in [2.45, 2.75) is 0 Å². The molecule has 8 heteroatoms. The SMILES string of the molecule is COC(Oc1cc(Oc2ccccc2C#N)ncn1)=C(C(=O)O)c1ccccc1. The van der Waals surface area contributed by atoms with Crippen molar-refractivity contribution in [1.29, 1.82) is 5.26 Å². The van der Waals surface area contributed by atoms with E-state index < -0.39 is 5.97 Å². The molecule has 0 saturated heterocycles. The van der Waals surface area contributed by atoms with Gasteiger partial charge in [0, 0.05) is 0 Å². The Labute approximate surface area is 166 Å². The predicted octanol–water partition coefficient (Wildman–Crippen LogP) is 3.62. The van der Waals surface area contributed by atoms with Crippen molar-refractivity contribution in [3.05, 3.63) is 84.1 Å². The average molecular weight is 389 g/mol. The quantitative estimate of drug-likeness (QED) is 0.481. The predicted molar refractivity (Wildman–Crippen MR) is 102 cm³/mol. The van der Waals surface area contributed by atoms with E-state index in [0.717, 1.165) is 0 Å². The minimum Gasteiger partial charge on any atom is -0.477 e. The van der Waals surface area contributed by atoms with Gasteiger partial charge in [0.15, 0.2) is 0 Å². The minimum absolute atomic E-state index is 0.0102. The van der Waals surface area contributed by atoms with E-state index in [4.69, 9.17) is 19.5 Å². The molecule has 1 heterocycles. The molecule has 3 rings (SSSR count). The lowest BCUT2D eigenvalue weighted by atomic mass is 10.1. The highest BCUT2D eigenvalue weighted by molar-refractivity contribution is 6.15. The number of nitrogens with zero attached hydrogens (tertiary/aromatic N) is 3. The second-order valence-corrected chi connectivity index (χ2v) is 5.54. The molecule has 0 aliphatic rings. The van der Waals surface area contributed by atoms with Crippen LogP contribution in [0.4, 0.5) is 0 Å². The largest absolute Gasteiger partial charge is 0.477 e. The van der Waals surface area contributed by atoms with Crippen LogP contribution in [0.3, 0.4) is 0 Å². The molecule has 0 bridgehead atoms. The molecular formula is C21H15N3O5. The van der Waals surface area contributed by atoms with E-state index in [1.165, 1.54) is 19.5 Å². The molecule has 0 aliphatic carbocycles. The van der Waals surface area contributed by atoms with Crippen molar-refractivity contribution in [3.63, 3.8) is 0 Å². The van der Waals surface area contributed by atoms with E-state index in [9.17, 15) is 9.90 Å². The monoisotopic (exact) mass is 389 g/mol. The van der Waals surface area contributed by atoms with Crippen molar-refractivity contribution in [2.24, 2.45) is 0 Å². The second-order valence-electron chi connectivity index (χ2n) is 5.54. The maximum Gasteiger partial charge on any atom is 0.343 e. The van der Waals surface area contributed by atoms with Crippen LogP contribution in [0, 0.1) is 11.3 Å². The van der Waals surface area contributed by atoms with E-state index in [1.807, 2.05) is 6.07 Å². The summed E-state index contributed by atoms with van der Waals surface area (Å²) in [5.41, 5.74) is 0.581. The van der Waals surface area contributed by atoms with Gasteiger partial charge in [0.1, 0.15) is 23.7 Å². The van der Waals surface area contributed by atoms with E-state index in [-0.39, 0.29) is 23.3 Å². The molecule has 0 atom stereocenters. The average Bonchev–Trinajstić information content (AvgIpc) is 2.74. The number of para-hydroxylation sites is 1. The van der Waals surface area contributed by atoms with Gasteiger partial charge in [-0.25, -0.2) is 14.8 Å². The molecule has 1 N–H and O–H groups in total. The maximum absolute atomic E-state index is 11.8. The molecule has 144 valence electrons. The molecule has 0 radical (unpaired) electrons. The number of hydrogen-bond donors (Lipinski definition) is 1. The molecular weight excluding hydrogens is 374 g/mol. The van der Waals surface area contributed by atoms with Crippen LogP contribution in [0.15, 0.2) is 72.9 Å². The Bertz CT molecular complexity index is 1090. The minimum atomic E-state index is -1.22. The summed E-state index contributed by atoms with van der Waals surface area (Å²) in [6.07, 6.45) is 1.19. The van der Waals surface area contributed by atoms with Crippen molar-refractivity contribution >= 4 is 11.5 Å². The number of rotatable bonds is 7. The molecule has 0 saturated carbocycles. The lowest BCUT2D eigenvalue weighted by molar-refractivity contribution is -0.130. The number of carboxylic acid groups (broad SMARTS) is 1. The topological polar surface area (TPSA) is 115 Å². The van der Waals surface area contributed by atoms with Crippen LogP contribution in [0.25, 0.3) is 5.57 Å². The highest BCUT2D eigenvalue weighted by Crippen LogP contribution is 2.27. The van der Waals surface area contributed by atoms with E-state index in [1.54, 1.807) is 54.6 Å². The summed E-state index contributed by atoms with van der Waals surface area (Å²) in [7, 11) is 1.29. The molecule has 3 aromatic rings. The number of aromatic nitrogens is 2. The van der Waals surface area contributed by atoms with E-state index in [2.05, 4.69) is 9.97 Å². The summed E-state index contributed by atoms with van der Waals surface area (Å²) in [4.78, 5) is 19.7. The van der Waals surface area contributed by atoms with Gasteiger partial charge in [-0.05, 0) is 17.7 Å². The maximum atomic E-state index is 11.8. The fraction of sp³-hybridized carbons (Fsp3) is 0.0476. The number of carboxylic acids is 1. The number of hydrogen-bond acceptors (Lipinski definition) is 7. The fourth-order valence-corrected chi connectivity index (χ4v) is 2.42. The van der Waals surface area contributed by atoms with E-state index >= 15 is 0 Å². The zero-order valence-corrected chi connectivity index (χ0v) is 15.3. The highest BCUT2D eigenvalue weighted by Gasteiger charge is 2.21. The molecule has 0 aliphatic heterocycles. The van der Waals surface area contributed by atoms with Gasteiger partial charge in [-0.1, -0.05) is 42.5 Å². The van der Waals surface area contributed by atoms with Crippen LogP contribution in [-0.4, -0.2) is 28.2 Å². The normalized spacial score (nSPS) is 11.0. The number of ether oxygens (including phenoxy) is 3. The van der Waals surface area contributed by atoms with Crippen LogP contribution < -0.4 is 9.47 Å². The number of carbonyl (C=O) groups is 1. The van der Waals surface area contributed by atoms with E-state index in [0.29, 0.717) is 16.9 Å². The summed E-state index contributed by atoms with van der Waals surface area (Å²) < 4.78 is 16.3. The first-order valence-electron chi connectivity index (χ1n) is 8.36. The Balaban J connectivity index is 1.92. The molecule has 29 heavy (non-hydrogen) atoms. The summed E-state index contributed by atoms with van der Waals surface area (Å²) in [6.45, 7) is 0. The van der Waals surface area contributed by atoms with Crippen molar-refractivity contribution in [1.82, 2.24) is 9.97 Å². The summed E-state index contributed by atoms with van der Waals surface area (Å²) in [6, 6.07) is 18.5. The smallest absolute Gasteiger partial charge is 0.343 e. The van der Waals surface area contributed by atoms with Gasteiger partial charge in [-0.15, -0.1) is 0 Å². The van der Waals surface area contributed by atoms with Crippen molar-refractivity contribution < 1.29 is 24.1 Å². The zero-order valence-electron chi connectivity index (χ0n) is 15.3. The Kier molecular flexibility index (Phi) is 6.02. The Morgan fingerprint density at radius 3 is 2.41 bits per heavy atom. The second kappa shape index (κ2) is 9.01. The van der Waals surface area contributed by atoms with Crippen LogP contribution in [-0.2, 0) is 9.53 Å². The first-order valence-corrected chi connectivity index (χ1v) is 8.36. The van der Waals surface area contributed by atoms with Gasteiger partial charge in [-0.3, -0.25) is 0 Å². The number of benzene rings is 2. The standard InChI is InChI=1S/C21H15N3O5/c1-27-21(19(20(25)26)14-7-3-2-4-8-14)29-18-11-17(23-13-24-18)28-16-10-6-5-9-15(16)12-22/h2-11,13H,1H3,(H,25,26). The first-order chi connectivity index (χ1) is 14.1. The first kappa shape index (κ1) is 19.4. The van der Waals surface area contributed by atoms with Gasteiger partial charge in [0.2, 0.25) is 11.8 Å². The van der Waals surface area contributed by atoms with Gasteiger partial charge in [-0.2, -0.15) is 5.26 Å². The van der Waals surface area contributed by atoms with Gasteiger partial charge < -0.3 is 19.3 Å². The van der Waals surface area contributed by atoms with Crippen LogP contribution in [0.5, 0.6) is 17.5 Å². The molecule has 0 unspecified atom stereocenters. The lowest BCUT2D eigenvalue weighted by Crippen LogP contribution is -2.10. The third-order valence-electron chi connectivity index (χ3n) is 3.70. The summed E-state index contributed by atoms with van der Waals surface area (Å²) in [5, 5.41) is 18.8. The number of methoxy groups -OCH3 is 1. The number of nitriles is 1. The van der Waals surface area contributed by atoms with Gasteiger partial charge in [0.25, 0.3) is 0 Å². The third-order valence-corrected chi connectivity index (χ3v) is 3.70. The van der Waals surface area contributed by atoms with Crippen molar-refractivity contribution in [3.8, 4) is 23.6 Å². The van der Waals surface area contributed by atoms with Crippen LogP contribution in [0.2, 0.25) is 0 Å². The molecule has 0 amide bonds. The summed E-state index contributed by atoms with van der Waals surface area (Å²) in [5.74, 6) is -1.02. The summed E-state index contributed by atoms with van der Waals surface area (Å²) >= 11 is 0. The molecule has 0 spiro atoms. The molecule has 0 fully saturated rings. The van der Waals surface area contributed by atoms with Crippen molar-refractivity contribution in [2.75, 3.05) is 7.11 Å². The highest BCUT2D eigenvalue weighted by atomic mass is 16.7. The zero-order chi connectivity index (χ0) is 20.6. The Morgan fingerprint density at radius 2 is 1.72 bits per heavy atom. The molecule has 8 nitrogen and oxygen atoms in total. The Hall–Kier alpha value is -4.38. The fourth-order valence-electron chi connectivity index (χ4n) is 2.42.